The molecule has 12 aromatic rings. The molecule has 0 amide bonds. The first-order valence-electron chi connectivity index (χ1n) is 26.3. The van der Waals surface area contributed by atoms with E-state index >= 15 is 0 Å². The van der Waals surface area contributed by atoms with Crippen LogP contribution >= 0.6 is 0 Å². The van der Waals surface area contributed by atoms with Gasteiger partial charge in [0.2, 0.25) is 0 Å². The molecule has 2 nitrogen and oxygen atoms in total. The molecule has 0 aliphatic heterocycles. The Kier molecular flexibility index (Phi) is 11.0. The summed E-state index contributed by atoms with van der Waals surface area (Å²) < 4.78 is 0. The second kappa shape index (κ2) is 18.6. The molecule has 12 aromatic carbocycles. The third kappa shape index (κ3) is 7.10. The highest BCUT2D eigenvalue weighted by molar-refractivity contribution is 5.94. The van der Waals surface area contributed by atoms with Crippen molar-refractivity contribution in [1.82, 2.24) is 0 Å². The predicted molar refractivity (Wildman–Crippen MR) is 316 cm³/mol. The minimum Gasteiger partial charge on any atom is -0.310 e. The van der Waals surface area contributed by atoms with Crippen molar-refractivity contribution >= 4 is 34.1 Å². The van der Waals surface area contributed by atoms with Crippen LogP contribution in [0.25, 0.3) is 33.4 Å². The topological polar surface area (TPSA) is 6.48 Å². The average molecular weight is 969 g/mol. The van der Waals surface area contributed by atoms with Gasteiger partial charge in [-0.1, -0.05) is 231 Å². The average Bonchev–Trinajstić information content (AvgIpc) is 4.20. The number of nitrogens with zero attached hydrogens (tertiary/aromatic N) is 2. The zero-order valence-electron chi connectivity index (χ0n) is 41.9. The Hall–Kier alpha value is -9.76. The summed E-state index contributed by atoms with van der Waals surface area (Å²) in [5, 5.41) is 0. The lowest BCUT2D eigenvalue weighted by Crippen LogP contribution is -2.29. The van der Waals surface area contributed by atoms with Crippen molar-refractivity contribution < 1.29 is 0 Å². The molecule has 0 radical (unpaired) electrons. The van der Waals surface area contributed by atoms with Gasteiger partial charge >= 0.3 is 0 Å². The molecular weight excluding hydrogens is 917 g/mol. The molecular formula is C74H52N2. The predicted octanol–water partition coefficient (Wildman–Crippen LogP) is 19.0. The number of rotatable bonds is 11. The van der Waals surface area contributed by atoms with Gasteiger partial charge in [0, 0.05) is 34.1 Å². The van der Waals surface area contributed by atoms with Crippen LogP contribution in [0.4, 0.5) is 34.1 Å². The monoisotopic (exact) mass is 968 g/mol. The first-order chi connectivity index (χ1) is 37.7. The lowest BCUT2D eigenvalue weighted by atomic mass is 9.67. The first kappa shape index (κ1) is 44.9. The van der Waals surface area contributed by atoms with Crippen molar-refractivity contribution in [2.24, 2.45) is 0 Å². The Morgan fingerprint density at radius 3 is 0.671 bits per heavy atom. The molecule has 0 fully saturated rings. The van der Waals surface area contributed by atoms with Crippen LogP contribution in [0, 0.1) is 0 Å². The number of hydrogen-bond acceptors (Lipinski definition) is 2. The van der Waals surface area contributed by atoms with Gasteiger partial charge in [0.15, 0.2) is 0 Å². The maximum atomic E-state index is 2.51. The second-order valence-corrected chi connectivity index (χ2v) is 20.0. The maximum Gasteiger partial charge on any atom is 0.0714 e. The molecule has 2 aliphatic carbocycles. The molecule has 0 spiro atoms. The Bertz CT molecular complexity index is 3590. The quantitative estimate of drug-likeness (QED) is 0.127. The van der Waals surface area contributed by atoms with E-state index in [1.54, 1.807) is 0 Å². The molecule has 0 saturated carbocycles. The van der Waals surface area contributed by atoms with E-state index in [9.17, 15) is 0 Å². The molecule has 76 heavy (non-hydrogen) atoms. The van der Waals surface area contributed by atoms with Crippen LogP contribution in [0.2, 0.25) is 0 Å². The third-order valence-electron chi connectivity index (χ3n) is 16.0. The minimum atomic E-state index is -0.636. The summed E-state index contributed by atoms with van der Waals surface area (Å²) in [5.41, 5.74) is 22.7. The summed E-state index contributed by atoms with van der Waals surface area (Å²) >= 11 is 0. The molecule has 0 bridgehead atoms. The summed E-state index contributed by atoms with van der Waals surface area (Å²) in [6.07, 6.45) is 0. The maximum absolute atomic E-state index is 2.51. The minimum absolute atomic E-state index is 0.636. The first-order valence-corrected chi connectivity index (χ1v) is 26.3. The van der Waals surface area contributed by atoms with Crippen LogP contribution in [-0.4, -0.2) is 0 Å². The van der Waals surface area contributed by atoms with Crippen LogP contribution in [0.15, 0.2) is 315 Å². The Labute approximate surface area is 445 Å². The van der Waals surface area contributed by atoms with Gasteiger partial charge < -0.3 is 9.80 Å². The van der Waals surface area contributed by atoms with Gasteiger partial charge in [0.25, 0.3) is 0 Å². The summed E-state index contributed by atoms with van der Waals surface area (Å²) in [4.78, 5) is 4.76. The van der Waals surface area contributed by atoms with Crippen LogP contribution in [-0.2, 0) is 10.8 Å². The number of anilines is 6. The summed E-state index contributed by atoms with van der Waals surface area (Å²) in [5.74, 6) is 0. The second-order valence-electron chi connectivity index (χ2n) is 20.0. The van der Waals surface area contributed by atoms with Gasteiger partial charge in [-0.3, -0.25) is 0 Å². The van der Waals surface area contributed by atoms with Crippen molar-refractivity contribution in [2.45, 2.75) is 10.8 Å². The van der Waals surface area contributed by atoms with Gasteiger partial charge in [-0.15, -0.1) is 0 Å². The largest absolute Gasteiger partial charge is 0.310 e. The van der Waals surface area contributed by atoms with E-state index in [0.717, 1.165) is 34.1 Å². The van der Waals surface area contributed by atoms with Crippen molar-refractivity contribution in [2.75, 3.05) is 9.80 Å². The molecule has 358 valence electrons. The van der Waals surface area contributed by atoms with E-state index in [2.05, 4.69) is 325 Å². The van der Waals surface area contributed by atoms with Gasteiger partial charge in [-0.05, 0) is 163 Å². The highest BCUT2D eigenvalue weighted by atomic mass is 15.1. The fraction of sp³-hybridized carbons (Fsp3) is 0.0270. The van der Waals surface area contributed by atoms with Gasteiger partial charge in [-0.25, -0.2) is 0 Å². The molecule has 0 N–H and O–H groups in total. The highest BCUT2D eigenvalue weighted by Crippen LogP contribution is 2.60. The Balaban J connectivity index is 0.989. The number of para-hydroxylation sites is 4. The number of fused-ring (bicyclic) bond motifs is 6. The molecule has 0 atom stereocenters. The van der Waals surface area contributed by atoms with Gasteiger partial charge in [0.1, 0.15) is 0 Å². The highest BCUT2D eigenvalue weighted by Gasteiger charge is 2.48. The van der Waals surface area contributed by atoms with Crippen LogP contribution < -0.4 is 9.80 Å². The lowest BCUT2D eigenvalue weighted by molar-refractivity contribution is 0.767. The van der Waals surface area contributed by atoms with Crippen LogP contribution in [0.3, 0.4) is 0 Å². The zero-order valence-corrected chi connectivity index (χ0v) is 41.9. The van der Waals surface area contributed by atoms with E-state index in [1.807, 2.05) is 0 Å². The van der Waals surface area contributed by atoms with E-state index in [0.29, 0.717) is 0 Å². The van der Waals surface area contributed by atoms with Crippen molar-refractivity contribution in [1.29, 1.82) is 0 Å². The van der Waals surface area contributed by atoms with Gasteiger partial charge in [-0.2, -0.15) is 0 Å². The molecule has 0 unspecified atom stereocenters. The van der Waals surface area contributed by atoms with E-state index < -0.39 is 10.8 Å². The van der Waals surface area contributed by atoms with E-state index in [-0.39, 0.29) is 0 Å². The van der Waals surface area contributed by atoms with E-state index in [1.165, 1.54) is 77.9 Å². The fourth-order valence-corrected chi connectivity index (χ4v) is 12.8. The molecule has 0 saturated heterocycles. The summed E-state index contributed by atoms with van der Waals surface area (Å²) in [6.45, 7) is 0. The smallest absolute Gasteiger partial charge is 0.0714 e. The van der Waals surface area contributed by atoms with Crippen LogP contribution in [0.5, 0.6) is 0 Å². The van der Waals surface area contributed by atoms with Crippen molar-refractivity contribution in [3.05, 3.63) is 360 Å². The normalized spacial score (nSPS) is 13.2. The van der Waals surface area contributed by atoms with E-state index in [4.69, 9.17) is 0 Å². The van der Waals surface area contributed by atoms with Crippen LogP contribution in [0.1, 0.15) is 44.5 Å². The van der Waals surface area contributed by atoms with Crippen molar-refractivity contribution in [3.8, 4) is 33.4 Å². The zero-order chi connectivity index (χ0) is 50.5. The molecule has 14 rings (SSSR count). The SMILES string of the molecule is c1ccc(N(c2ccccc2)c2ccc3c(c2)C(c2ccccc2)(c2ccccc2)c2cc(-c4ccc5c(c4)C(c4ccccc4)(c4ccccc4)c4cc(N(c6ccccc6)c6ccccc6)ccc4-5)ccc2-3)cc1. The fourth-order valence-electron chi connectivity index (χ4n) is 12.8. The molecule has 2 heteroatoms. The summed E-state index contributed by atoms with van der Waals surface area (Å²) in [6, 6.07) is 116. The molecule has 0 heterocycles. The molecule has 0 aromatic heterocycles. The molecule has 2 aliphatic rings. The standard InChI is InChI=1S/C74H52N2/c1-9-25-55(26-10-1)73(56-27-11-2-12-28-56)69-49-53(41-45-65(69)67-47-43-63(51-71(67)73)75(59-33-17-5-18-34-59)60-35-19-6-20-36-60)54-42-46-66-68-48-44-64(76(61-37-21-7-22-38-61)62-39-23-8-24-40-62)52-72(68)74(70(66)50-54,57-29-13-3-14-30-57)58-31-15-4-16-32-58/h1-52H. The number of hydrogen-bond donors (Lipinski definition) is 0. The summed E-state index contributed by atoms with van der Waals surface area (Å²) in [7, 11) is 0. The Morgan fingerprint density at radius 2 is 0.408 bits per heavy atom. The Morgan fingerprint density at radius 1 is 0.184 bits per heavy atom. The number of benzene rings is 12. The lowest BCUT2D eigenvalue weighted by Gasteiger charge is -2.35. The third-order valence-corrected chi connectivity index (χ3v) is 16.0. The van der Waals surface area contributed by atoms with Gasteiger partial charge in [0.05, 0.1) is 10.8 Å². The van der Waals surface area contributed by atoms with Crippen molar-refractivity contribution in [3.63, 3.8) is 0 Å².